The summed E-state index contributed by atoms with van der Waals surface area (Å²) in [6.45, 7) is 5.03. The molecule has 3 aliphatic rings. The van der Waals surface area contributed by atoms with Crippen LogP contribution >= 0.6 is 34.8 Å². The van der Waals surface area contributed by atoms with Gasteiger partial charge in [0.25, 0.3) is 0 Å². The molecule has 0 bridgehead atoms. The first-order valence-corrected chi connectivity index (χ1v) is 10.8. The molecule has 2 aromatic rings. The molecule has 4 nitrogen and oxygen atoms in total. The third-order valence-electron chi connectivity index (χ3n) is 5.83. The largest absolute Gasteiger partial charge is 0.487 e. The van der Waals surface area contributed by atoms with E-state index in [-0.39, 0.29) is 6.10 Å². The van der Waals surface area contributed by atoms with Crippen LogP contribution in [0.3, 0.4) is 0 Å². The molecule has 0 amide bonds. The summed E-state index contributed by atoms with van der Waals surface area (Å²) >= 11 is 19.2. The van der Waals surface area contributed by atoms with Gasteiger partial charge in [0.1, 0.15) is 11.9 Å². The normalized spacial score (nSPS) is 23.9. The molecule has 0 spiro atoms. The lowest BCUT2D eigenvalue weighted by Gasteiger charge is -2.30. The first-order valence-electron chi connectivity index (χ1n) is 9.65. The zero-order chi connectivity index (χ0) is 19.3. The number of hydrogen-bond acceptors (Lipinski definition) is 4. The lowest BCUT2D eigenvalue weighted by molar-refractivity contribution is 0.122. The number of hydrogen-bond donors (Lipinski definition) is 1. The van der Waals surface area contributed by atoms with Gasteiger partial charge in [-0.2, -0.15) is 0 Å². The van der Waals surface area contributed by atoms with Gasteiger partial charge in [0, 0.05) is 41.7 Å². The van der Waals surface area contributed by atoms with E-state index in [1.54, 1.807) is 12.1 Å². The van der Waals surface area contributed by atoms with Crippen molar-refractivity contribution in [3.8, 4) is 16.9 Å². The quantitative estimate of drug-likeness (QED) is 0.715. The first-order chi connectivity index (χ1) is 13.6. The number of nitrogens with zero attached hydrogens (tertiary/aromatic N) is 1. The highest BCUT2D eigenvalue weighted by molar-refractivity contribution is 6.41. The number of ether oxygens (including phenoxy) is 2. The second kappa shape index (κ2) is 7.58. The van der Waals surface area contributed by atoms with Crippen LogP contribution in [0.25, 0.3) is 11.1 Å². The Balaban J connectivity index is 1.67. The van der Waals surface area contributed by atoms with Crippen LogP contribution < -0.4 is 15.0 Å². The third-order valence-corrected chi connectivity index (χ3v) is 6.65. The monoisotopic (exact) mass is 438 g/mol. The van der Waals surface area contributed by atoms with Crippen LogP contribution in [0.2, 0.25) is 15.1 Å². The molecule has 2 saturated heterocycles. The van der Waals surface area contributed by atoms with Crippen molar-refractivity contribution >= 4 is 40.5 Å². The van der Waals surface area contributed by atoms with Crippen molar-refractivity contribution in [3.05, 3.63) is 44.9 Å². The van der Waals surface area contributed by atoms with Gasteiger partial charge in [-0.1, -0.05) is 34.8 Å². The van der Waals surface area contributed by atoms with Gasteiger partial charge in [0.2, 0.25) is 0 Å². The fraction of sp³-hybridized carbons (Fsp3) is 0.429. The van der Waals surface area contributed by atoms with Crippen molar-refractivity contribution in [2.45, 2.75) is 18.4 Å². The van der Waals surface area contributed by atoms with Gasteiger partial charge in [-0.3, -0.25) is 0 Å². The molecular formula is C21H21Cl3N2O2. The molecule has 2 unspecified atom stereocenters. The molecule has 148 valence electrons. The highest BCUT2D eigenvalue weighted by Crippen LogP contribution is 2.50. The summed E-state index contributed by atoms with van der Waals surface area (Å²) in [7, 11) is 0. The maximum absolute atomic E-state index is 6.55. The zero-order valence-corrected chi connectivity index (χ0v) is 17.6. The minimum Gasteiger partial charge on any atom is -0.487 e. The highest BCUT2D eigenvalue weighted by Gasteiger charge is 2.39. The molecule has 5 rings (SSSR count). The summed E-state index contributed by atoms with van der Waals surface area (Å²) in [5.41, 5.74) is 4.16. The molecule has 0 saturated carbocycles. The minimum absolute atomic E-state index is 0.224. The Morgan fingerprint density at radius 1 is 1.00 bits per heavy atom. The standard InChI is InChI=1S/C21H21Cl3N2O2/c22-13-9-16(23)20(17(24)10-13)12-7-14-15-11-25-2-1-19(15)28-21(14)18(8-12)26-3-5-27-6-4-26/h7-10,15,19,25H,1-6,11H2. The summed E-state index contributed by atoms with van der Waals surface area (Å²) in [5.74, 6) is 1.35. The predicted octanol–water partition coefficient (Wildman–Crippen LogP) is 4.99. The molecule has 2 fully saturated rings. The van der Waals surface area contributed by atoms with Gasteiger partial charge in [-0.25, -0.2) is 0 Å². The Morgan fingerprint density at radius 3 is 2.50 bits per heavy atom. The Bertz CT molecular complexity index is 892. The number of rotatable bonds is 2. The van der Waals surface area contributed by atoms with Crippen molar-refractivity contribution in [3.63, 3.8) is 0 Å². The topological polar surface area (TPSA) is 33.7 Å². The molecule has 1 N–H and O–H groups in total. The smallest absolute Gasteiger partial charge is 0.146 e. The lowest BCUT2D eigenvalue weighted by Crippen LogP contribution is -2.38. The number of benzene rings is 2. The van der Waals surface area contributed by atoms with Gasteiger partial charge in [0.15, 0.2) is 0 Å². The highest BCUT2D eigenvalue weighted by atomic mass is 35.5. The number of piperidine rings is 1. The Labute approximate surface area is 179 Å². The van der Waals surface area contributed by atoms with Gasteiger partial charge >= 0.3 is 0 Å². The molecule has 3 aliphatic heterocycles. The van der Waals surface area contributed by atoms with Crippen molar-refractivity contribution in [1.82, 2.24) is 5.32 Å². The maximum atomic E-state index is 6.55. The van der Waals surface area contributed by atoms with Crippen molar-refractivity contribution in [2.75, 3.05) is 44.3 Å². The molecular weight excluding hydrogens is 419 g/mol. The summed E-state index contributed by atoms with van der Waals surface area (Å²) in [6.07, 6.45) is 1.24. The summed E-state index contributed by atoms with van der Waals surface area (Å²) in [5, 5.41) is 5.15. The van der Waals surface area contributed by atoms with E-state index in [1.807, 2.05) is 0 Å². The number of fused-ring (bicyclic) bond motifs is 3. The van der Waals surface area contributed by atoms with Crippen molar-refractivity contribution in [2.24, 2.45) is 0 Å². The average Bonchev–Trinajstić information content (AvgIpc) is 3.06. The number of anilines is 1. The molecule has 2 atom stereocenters. The summed E-state index contributed by atoms with van der Waals surface area (Å²) < 4.78 is 12.0. The first kappa shape index (κ1) is 18.8. The lowest BCUT2D eigenvalue weighted by atomic mass is 9.88. The second-order valence-corrected chi connectivity index (χ2v) is 8.76. The third kappa shape index (κ3) is 3.25. The van der Waals surface area contributed by atoms with Gasteiger partial charge in [0.05, 0.1) is 28.9 Å². The Kier molecular flexibility index (Phi) is 5.10. The van der Waals surface area contributed by atoms with E-state index in [0.29, 0.717) is 21.0 Å². The summed E-state index contributed by atoms with van der Waals surface area (Å²) in [4.78, 5) is 2.34. The molecule has 7 heteroatoms. The molecule has 2 aromatic carbocycles. The van der Waals surface area contributed by atoms with Gasteiger partial charge < -0.3 is 19.7 Å². The van der Waals surface area contributed by atoms with Crippen LogP contribution in [0.1, 0.15) is 17.9 Å². The van der Waals surface area contributed by atoms with E-state index < -0.39 is 0 Å². The van der Waals surface area contributed by atoms with E-state index in [1.165, 1.54) is 5.56 Å². The van der Waals surface area contributed by atoms with E-state index >= 15 is 0 Å². The Hall–Kier alpha value is -1.17. The number of morpholine rings is 1. The number of nitrogens with one attached hydrogen (secondary N) is 1. The molecule has 0 radical (unpaired) electrons. The van der Waals surface area contributed by atoms with E-state index in [9.17, 15) is 0 Å². The summed E-state index contributed by atoms with van der Waals surface area (Å²) in [6, 6.07) is 7.83. The van der Waals surface area contributed by atoms with Gasteiger partial charge in [-0.15, -0.1) is 0 Å². The fourth-order valence-electron chi connectivity index (χ4n) is 4.48. The molecule has 0 aliphatic carbocycles. The van der Waals surface area contributed by atoms with Crippen LogP contribution in [0.5, 0.6) is 5.75 Å². The predicted molar refractivity (Wildman–Crippen MR) is 115 cm³/mol. The fourth-order valence-corrected chi connectivity index (χ4v) is 5.51. The maximum Gasteiger partial charge on any atom is 0.146 e. The van der Waals surface area contributed by atoms with Crippen LogP contribution in [0, 0.1) is 0 Å². The zero-order valence-electron chi connectivity index (χ0n) is 15.3. The van der Waals surface area contributed by atoms with Crippen LogP contribution in [-0.4, -0.2) is 45.5 Å². The van der Waals surface area contributed by atoms with Gasteiger partial charge in [-0.05, 0) is 42.8 Å². The van der Waals surface area contributed by atoms with E-state index in [2.05, 4.69) is 22.3 Å². The molecule has 28 heavy (non-hydrogen) atoms. The van der Waals surface area contributed by atoms with Crippen molar-refractivity contribution < 1.29 is 9.47 Å². The number of halogens is 3. The van der Waals surface area contributed by atoms with E-state index in [4.69, 9.17) is 44.3 Å². The Morgan fingerprint density at radius 2 is 1.75 bits per heavy atom. The SMILES string of the molecule is Clc1cc(Cl)c(-c2cc3c(c(N4CCOCC4)c2)OC2CCNCC32)c(Cl)c1. The second-order valence-electron chi connectivity index (χ2n) is 7.51. The van der Waals surface area contributed by atoms with Crippen LogP contribution in [0.4, 0.5) is 5.69 Å². The molecule has 3 heterocycles. The van der Waals surface area contributed by atoms with Crippen LogP contribution in [-0.2, 0) is 4.74 Å². The average molecular weight is 440 g/mol. The minimum atomic E-state index is 0.224. The van der Waals surface area contributed by atoms with E-state index in [0.717, 1.165) is 68.4 Å². The van der Waals surface area contributed by atoms with Crippen LogP contribution in [0.15, 0.2) is 24.3 Å². The molecule has 0 aromatic heterocycles. The van der Waals surface area contributed by atoms with Crippen molar-refractivity contribution in [1.29, 1.82) is 0 Å².